The molecule has 0 radical (unpaired) electrons. The van der Waals surface area contributed by atoms with Crippen molar-refractivity contribution in [3.05, 3.63) is 94.4 Å². The van der Waals surface area contributed by atoms with E-state index in [-0.39, 0.29) is 29.0 Å². The van der Waals surface area contributed by atoms with Gasteiger partial charge in [-0.3, -0.25) is 14.5 Å². The van der Waals surface area contributed by atoms with Gasteiger partial charge >= 0.3 is 5.97 Å². The fourth-order valence-corrected chi connectivity index (χ4v) is 4.19. The smallest absolute Gasteiger partial charge is 0.343 e. The van der Waals surface area contributed by atoms with Gasteiger partial charge in [-0.1, -0.05) is 42.0 Å². The molecule has 7 nitrogen and oxygen atoms in total. The van der Waals surface area contributed by atoms with Crippen LogP contribution in [0.25, 0.3) is 6.08 Å². The van der Waals surface area contributed by atoms with E-state index in [0.717, 1.165) is 22.2 Å². The Morgan fingerprint density at radius 2 is 1.71 bits per heavy atom. The fourth-order valence-electron chi connectivity index (χ4n) is 3.33. The monoisotopic (exact) mass is 489 g/mol. The highest BCUT2D eigenvalue weighted by Crippen LogP contribution is 2.34. The quantitative estimate of drug-likeness (QED) is 0.240. The first-order chi connectivity index (χ1) is 16.9. The number of methoxy groups -OCH3 is 1. The van der Waals surface area contributed by atoms with Crippen LogP contribution < -0.4 is 14.2 Å². The summed E-state index contributed by atoms with van der Waals surface area (Å²) in [4.78, 5) is 39.2. The second kappa shape index (κ2) is 10.9. The summed E-state index contributed by atoms with van der Waals surface area (Å²) in [5.41, 5.74) is 2.10. The highest BCUT2D eigenvalue weighted by Gasteiger charge is 2.34. The van der Waals surface area contributed by atoms with Crippen molar-refractivity contribution in [2.75, 3.05) is 20.3 Å². The number of amides is 2. The summed E-state index contributed by atoms with van der Waals surface area (Å²) >= 11 is 0.855. The molecule has 1 heterocycles. The Balaban J connectivity index is 1.45. The minimum absolute atomic E-state index is 0.137. The van der Waals surface area contributed by atoms with E-state index in [1.165, 1.54) is 7.11 Å². The van der Waals surface area contributed by atoms with Gasteiger partial charge in [-0.2, -0.15) is 0 Å². The SMILES string of the molecule is COc1ccc(/C=C2\SC(=O)N(CCOc3ccc(C)cc3)C2=O)cc1OC(=O)c1ccccc1. The van der Waals surface area contributed by atoms with Crippen LogP contribution in [0.15, 0.2) is 77.7 Å². The molecule has 1 fully saturated rings. The normalized spacial score (nSPS) is 14.3. The Labute approximate surface area is 207 Å². The summed E-state index contributed by atoms with van der Waals surface area (Å²) in [6.45, 7) is 2.31. The lowest BCUT2D eigenvalue weighted by atomic mass is 10.1. The molecule has 0 saturated carbocycles. The zero-order chi connectivity index (χ0) is 24.8. The van der Waals surface area contributed by atoms with Crippen LogP contribution in [0.2, 0.25) is 0 Å². The van der Waals surface area contributed by atoms with Crippen molar-refractivity contribution < 1.29 is 28.6 Å². The number of aryl methyl sites for hydroxylation is 1. The number of carbonyl (C=O) groups is 3. The number of rotatable bonds is 8. The number of nitrogens with zero attached hydrogens (tertiary/aromatic N) is 1. The van der Waals surface area contributed by atoms with Crippen LogP contribution in [0.3, 0.4) is 0 Å². The third-order valence-electron chi connectivity index (χ3n) is 5.18. The lowest BCUT2D eigenvalue weighted by Gasteiger charge is -2.13. The lowest BCUT2D eigenvalue weighted by molar-refractivity contribution is -0.123. The number of esters is 1. The summed E-state index contributed by atoms with van der Waals surface area (Å²) in [7, 11) is 1.47. The molecule has 3 aromatic rings. The van der Waals surface area contributed by atoms with Crippen LogP contribution in [0.1, 0.15) is 21.5 Å². The molecule has 3 aromatic carbocycles. The average molecular weight is 490 g/mol. The average Bonchev–Trinajstić information content (AvgIpc) is 3.13. The minimum atomic E-state index is -0.532. The number of benzene rings is 3. The maximum absolute atomic E-state index is 12.8. The maximum Gasteiger partial charge on any atom is 0.343 e. The summed E-state index contributed by atoms with van der Waals surface area (Å²) < 4.78 is 16.5. The van der Waals surface area contributed by atoms with Gasteiger partial charge in [0, 0.05) is 0 Å². The molecular formula is C27H23NO6S. The third kappa shape index (κ3) is 5.91. The first kappa shape index (κ1) is 24.1. The highest BCUT2D eigenvalue weighted by molar-refractivity contribution is 8.18. The van der Waals surface area contributed by atoms with Gasteiger partial charge in [0.1, 0.15) is 12.4 Å². The van der Waals surface area contributed by atoms with Crippen molar-refractivity contribution in [1.82, 2.24) is 4.90 Å². The van der Waals surface area contributed by atoms with E-state index in [1.54, 1.807) is 54.6 Å². The van der Waals surface area contributed by atoms with E-state index >= 15 is 0 Å². The van der Waals surface area contributed by atoms with Crippen molar-refractivity contribution >= 4 is 35.0 Å². The van der Waals surface area contributed by atoms with Gasteiger partial charge in [-0.25, -0.2) is 4.79 Å². The molecule has 0 aliphatic carbocycles. The lowest BCUT2D eigenvalue weighted by Crippen LogP contribution is -2.32. The zero-order valence-corrected chi connectivity index (χ0v) is 20.0. The van der Waals surface area contributed by atoms with Crippen molar-refractivity contribution in [2.45, 2.75) is 6.92 Å². The Morgan fingerprint density at radius 1 is 0.971 bits per heavy atom. The first-order valence-electron chi connectivity index (χ1n) is 10.8. The summed E-state index contributed by atoms with van der Waals surface area (Å²) in [6, 6.07) is 21.1. The second-order valence-electron chi connectivity index (χ2n) is 7.66. The zero-order valence-electron chi connectivity index (χ0n) is 19.2. The van der Waals surface area contributed by atoms with E-state index in [9.17, 15) is 14.4 Å². The molecule has 0 aromatic heterocycles. The first-order valence-corrected chi connectivity index (χ1v) is 11.7. The van der Waals surface area contributed by atoms with Gasteiger partial charge in [-0.05, 0) is 66.7 Å². The number of hydrogen-bond donors (Lipinski definition) is 0. The van der Waals surface area contributed by atoms with E-state index in [4.69, 9.17) is 14.2 Å². The van der Waals surface area contributed by atoms with Crippen LogP contribution in [-0.4, -0.2) is 42.3 Å². The van der Waals surface area contributed by atoms with Gasteiger partial charge in [0.15, 0.2) is 11.5 Å². The van der Waals surface area contributed by atoms with Crippen molar-refractivity contribution in [3.63, 3.8) is 0 Å². The van der Waals surface area contributed by atoms with Gasteiger partial charge in [0.2, 0.25) is 0 Å². The van der Waals surface area contributed by atoms with E-state index in [0.29, 0.717) is 22.6 Å². The van der Waals surface area contributed by atoms with Crippen molar-refractivity contribution in [1.29, 1.82) is 0 Å². The van der Waals surface area contributed by atoms with Crippen LogP contribution in [-0.2, 0) is 4.79 Å². The van der Waals surface area contributed by atoms with E-state index in [2.05, 4.69) is 0 Å². The molecular weight excluding hydrogens is 466 g/mol. The molecule has 0 atom stereocenters. The Kier molecular flexibility index (Phi) is 7.52. The van der Waals surface area contributed by atoms with Crippen LogP contribution >= 0.6 is 11.8 Å². The highest BCUT2D eigenvalue weighted by atomic mass is 32.2. The second-order valence-corrected chi connectivity index (χ2v) is 8.65. The van der Waals surface area contributed by atoms with Crippen LogP contribution in [0.4, 0.5) is 4.79 Å². The molecule has 8 heteroatoms. The molecule has 1 aliphatic heterocycles. The molecule has 0 unspecified atom stereocenters. The number of imide groups is 1. The molecule has 178 valence electrons. The van der Waals surface area contributed by atoms with E-state index < -0.39 is 11.9 Å². The molecule has 1 saturated heterocycles. The predicted octanol–water partition coefficient (Wildman–Crippen LogP) is 5.34. The number of thioether (sulfide) groups is 1. The number of carbonyl (C=O) groups excluding carboxylic acids is 3. The fraction of sp³-hybridized carbons (Fsp3) is 0.148. The topological polar surface area (TPSA) is 82.1 Å². The van der Waals surface area contributed by atoms with Crippen LogP contribution in [0.5, 0.6) is 17.2 Å². The molecule has 4 rings (SSSR count). The predicted molar refractivity (Wildman–Crippen MR) is 134 cm³/mol. The summed E-state index contributed by atoms with van der Waals surface area (Å²) in [5.74, 6) is 0.323. The largest absolute Gasteiger partial charge is 0.493 e. The molecule has 0 spiro atoms. The van der Waals surface area contributed by atoms with Gasteiger partial charge < -0.3 is 14.2 Å². The van der Waals surface area contributed by atoms with Gasteiger partial charge in [-0.15, -0.1) is 0 Å². The van der Waals surface area contributed by atoms with E-state index in [1.807, 2.05) is 31.2 Å². The molecule has 1 aliphatic rings. The third-order valence-corrected chi connectivity index (χ3v) is 6.08. The summed E-state index contributed by atoms with van der Waals surface area (Å²) in [6.07, 6.45) is 1.59. The minimum Gasteiger partial charge on any atom is -0.493 e. The Bertz CT molecular complexity index is 1270. The van der Waals surface area contributed by atoms with Crippen LogP contribution in [0, 0.1) is 6.92 Å². The maximum atomic E-state index is 12.8. The Morgan fingerprint density at radius 3 is 2.43 bits per heavy atom. The van der Waals surface area contributed by atoms with Crippen molar-refractivity contribution in [2.24, 2.45) is 0 Å². The number of hydrogen-bond acceptors (Lipinski definition) is 7. The summed E-state index contributed by atoms with van der Waals surface area (Å²) in [5, 5.41) is -0.363. The molecule has 35 heavy (non-hydrogen) atoms. The standard InChI is InChI=1S/C27H23NO6S/c1-18-8-11-21(12-9-18)33-15-14-28-25(29)24(35-27(28)31)17-19-10-13-22(32-2)23(16-19)34-26(30)20-6-4-3-5-7-20/h3-13,16-17H,14-15H2,1-2H3/b24-17-. The molecule has 0 N–H and O–H groups in total. The number of ether oxygens (including phenoxy) is 3. The van der Waals surface area contributed by atoms with Crippen molar-refractivity contribution in [3.8, 4) is 17.2 Å². The Hall–Kier alpha value is -4.04. The van der Waals surface area contributed by atoms with Gasteiger partial charge in [0.25, 0.3) is 11.1 Å². The van der Waals surface area contributed by atoms with Gasteiger partial charge in [0.05, 0.1) is 24.1 Å². The molecule has 2 amide bonds. The molecule has 0 bridgehead atoms.